The van der Waals surface area contributed by atoms with Crippen molar-refractivity contribution in [3.63, 3.8) is 0 Å². The highest BCUT2D eigenvalue weighted by Crippen LogP contribution is 2.52. The van der Waals surface area contributed by atoms with Gasteiger partial charge in [0.25, 0.3) is 16.0 Å². The van der Waals surface area contributed by atoms with E-state index in [9.17, 15) is 17.8 Å². The van der Waals surface area contributed by atoms with Gasteiger partial charge in [0.05, 0.1) is 0 Å². The van der Waals surface area contributed by atoms with E-state index in [1.807, 2.05) is 48.5 Å². The van der Waals surface area contributed by atoms with Gasteiger partial charge in [-0.15, -0.1) is 0 Å². The Morgan fingerprint density at radius 3 is 2.32 bits per heavy atom. The van der Waals surface area contributed by atoms with E-state index in [0.29, 0.717) is 17.3 Å². The minimum Gasteiger partial charge on any atom is -0.479 e. The molecule has 4 N–H and O–H groups in total. The molecule has 0 spiro atoms. The van der Waals surface area contributed by atoms with Gasteiger partial charge in [-0.1, -0.05) is 79.5 Å². The van der Waals surface area contributed by atoms with Crippen LogP contribution in [0.4, 0.5) is 0 Å². The zero-order chi connectivity index (χ0) is 27.3. The van der Waals surface area contributed by atoms with Crippen molar-refractivity contribution in [1.29, 1.82) is 0 Å². The minimum atomic E-state index is -4.55. The van der Waals surface area contributed by atoms with Gasteiger partial charge in [0.2, 0.25) is 0 Å². The lowest BCUT2D eigenvalue weighted by atomic mass is 9.58. The van der Waals surface area contributed by atoms with Crippen LogP contribution in [-0.4, -0.2) is 30.2 Å². The SMILES string of the molecule is CCC(C(Oc1cccc(C(NCc2ccccc2)C2(c3ccc(Cl)cc3)CCC2)c1)C(N)=O)S(=O)(=O)O. The van der Waals surface area contributed by atoms with Crippen molar-refractivity contribution in [2.75, 3.05) is 0 Å². The summed E-state index contributed by atoms with van der Waals surface area (Å²) in [6.45, 7) is 2.18. The first-order valence-corrected chi connectivity index (χ1v) is 14.6. The fourth-order valence-corrected chi connectivity index (χ4v) is 6.39. The van der Waals surface area contributed by atoms with Crippen LogP contribution in [0.25, 0.3) is 0 Å². The molecule has 0 aliphatic heterocycles. The molecule has 0 heterocycles. The number of primary amides is 1. The molecule has 0 saturated heterocycles. The maximum atomic E-state index is 12.2. The van der Waals surface area contributed by atoms with Crippen molar-refractivity contribution in [2.45, 2.75) is 62.0 Å². The van der Waals surface area contributed by atoms with E-state index in [0.717, 1.165) is 30.4 Å². The summed E-state index contributed by atoms with van der Waals surface area (Å²) in [4.78, 5) is 12.2. The van der Waals surface area contributed by atoms with E-state index >= 15 is 0 Å². The molecule has 0 radical (unpaired) electrons. The zero-order valence-electron chi connectivity index (χ0n) is 21.2. The Morgan fingerprint density at radius 2 is 1.76 bits per heavy atom. The zero-order valence-corrected chi connectivity index (χ0v) is 22.8. The maximum Gasteiger partial charge on any atom is 0.272 e. The molecule has 3 atom stereocenters. The average molecular weight is 557 g/mol. The van der Waals surface area contributed by atoms with Crippen LogP contribution in [0.2, 0.25) is 5.02 Å². The van der Waals surface area contributed by atoms with Gasteiger partial charge in [-0.3, -0.25) is 9.35 Å². The summed E-state index contributed by atoms with van der Waals surface area (Å²) in [6, 6.07) is 25.2. The third kappa shape index (κ3) is 6.21. The van der Waals surface area contributed by atoms with Gasteiger partial charge >= 0.3 is 0 Å². The first-order chi connectivity index (χ1) is 18.1. The number of nitrogens with two attached hydrogens (primary N) is 1. The van der Waals surface area contributed by atoms with Crippen LogP contribution in [0.1, 0.15) is 55.3 Å². The molecule has 38 heavy (non-hydrogen) atoms. The van der Waals surface area contributed by atoms with Gasteiger partial charge in [0.15, 0.2) is 6.10 Å². The molecule has 0 bridgehead atoms. The third-order valence-corrected chi connectivity index (χ3v) is 9.03. The summed E-state index contributed by atoms with van der Waals surface area (Å²) in [6.07, 6.45) is 1.45. The lowest BCUT2D eigenvalue weighted by Crippen LogP contribution is -2.47. The summed E-state index contributed by atoms with van der Waals surface area (Å²) in [5.41, 5.74) is 8.55. The molecule has 1 aliphatic carbocycles. The Hall–Kier alpha value is -2.91. The van der Waals surface area contributed by atoms with Crippen LogP contribution >= 0.6 is 11.6 Å². The van der Waals surface area contributed by atoms with E-state index in [1.165, 1.54) is 5.56 Å². The normalized spacial score (nSPS) is 17.1. The molecule has 3 aromatic rings. The van der Waals surface area contributed by atoms with Crippen molar-refractivity contribution >= 4 is 27.6 Å². The van der Waals surface area contributed by atoms with Crippen molar-refractivity contribution in [3.8, 4) is 5.75 Å². The summed E-state index contributed by atoms with van der Waals surface area (Å²) < 4.78 is 39.3. The van der Waals surface area contributed by atoms with Gasteiger partial charge in [-0.2, -0.15) is 8.42 Å². The largest absolute Gasteiger partial charge is 0.479 e. The number of benzene rings is 3. The summed E-state index contributed by atoms with van der Waals surface area (Å²) >= 11 is 6.19. The van der Waals surface area contributed by atoms with E-state index in [2.05, 4.69) is 29.6 Å². The molecular weight excluding hydrogens is 524 g/mol. The van der Waals surface area contributed by atoms with Crippen molar-refractivity contribution < 1.29 is 22.5 Å². The molecule has 7 nitrogen and oxygen atoms in total. The number of rotatable bonds is 12. The van der Waals surface area contributed by atoms with Crippen LogP contribution in [0.5, 0.6) is 5.75 Å². The Balaban J connectivity index is 1.71. The van der Waals surface area contributed by atoms with E-state index in [-0.39, 0.29) is 17.9 Å². The predicted molar refractivity (Wildman–Crippen MR) is 149 cm³/mol. The van der Waals surface area contributed by atoms with Crippen LogP contribution in [-0.2, 0) is 26.9 Å². The molecule has 9 heteroatoms. The number of hydrogen-bond donors (Lipinski definition) is 3. The molecule has 1 fully saturated rings. The topological polar surface area (TPSA) is 119 Å². The molecular formula is C29H33ClN2O5S. The molecule has 3 unspecified atom stereocenters. The monoisotopic (exact) mass is 556 g/mol. The summed E-state index contributed by atoms with van der Waals surface area (Å²) in [5, 5.41) is 2.96. The molecule has 0 aromatic heterocycles. The molecule has 1 amide bonds. The minimum absolute atomic E-state index is 0.0347. The standard InChI is InChI=1S/C29H33ClN2O5S/c1-2-25(38(34,35)36)26(28(31)33)37-24-11-6-10-21(18-24)27(32-19-20-8-4-3-5-9-20)29(16-7-17-29)22-12-14-23(30)15-13-22/h3-6,8-15,18,25-27,32H,2,7,16-17,19H2,1H3,(H2,31,33)(H,34,35,36). The first kappa shape index (κ1) is 28.1. The Labute approximate surface area is 229 Å². The maximum absolute atomic E-state index is 12.2. The van der Waals surface area contributed by atoms with E-state index in [4.69, 9.17) is 22.1 Å². The number of amides is 1. The van der Waals surface area contributed by atoms with Gasteiger partial charge in [-0.05, 0) is 60.2 Å². The molecule has 3 aromatic carbocycles. The number of halogens is 1. The first-order valence-electron chi connectivity index (χ1n) is 12.7. The van der Waals surface area contributed by atoms with Crippen molar-refractivity contribution in [1.82, 2.24) is 5.32 Å². The average Bonchev–Trinajstić information content (AvgIpc) is 2.86. The summed E-state index contributed by atoms with van der Waals surface area (Å²) in [5.74, 6) is -0.666. The van der Waals surface area contributed by atoms with Crippen LogP contribution < -0.4 is 15.8 Å². The highest BCUT2D eigenvalue weighted by Gasteiger charge is 2.46. The number of nitrogens with one attached hydrogen (secondary N) is 1. The lowest BCUT2D eigenvalue weighted by molar-refractivity contribution is -0.124. The molecule has 1 saturated carbocycles. The second kappa shape index (κ2) is 11.9. The van der Waals surface area contributed by atoms with Crippen LogP contribution in [0.3, 0.4) is 0 Å². The third-order valence-electron chi connectivity index (χ3n) is 7.43. The highest BCUT2D eigenvalue weighted by atomic mass is 35.5. The van der Waals surface area contributed by atoms with Crippen LogP contribution in [0, 0.1) is 0 Å². The summed E-state index contributed by atoms with van der Waals surface area (Å²) in [7, 11) is -4.55. The van der Waals surface area contributed by atoms with Gasteiger partial charge in [0, 0.05) is 23.0 Å². The Kier molecular flexibility index (Phi) is 8.78. The second-order valence-corrected chi connectivity index (χ2v) is 11.9. The fraction of sp³-hybridized carbons (Fsp3) is 0.345. The Bertz CT molecular complexity index is 1340. The van der Waals surface area contributed by atoms with Crippen molar-refractivity contribution in [2.24, 2.45) is 5.73 Å². The molecule has 1 aliphatic rings. The molecule has 202 valence electrons. The number of carbonyl (C=O) groups excluding carboxylic acids is 1. The lowest BCUT2D eigenvalue weighted by Gasteiger charge is -2.49. The molecule has 4 rings (SSSR count). The van der Waals surface area contributed by atoms with Crippen molar-refractivity contribution in [3.05, 3.63) is 101 Å². The predicted octanol–water partition coefficient (Wildman–Crippen LogP) is 5.19. The van der Waals surface area contributed by atoms with Gasteiger partial charge < -0.3 is 15.8 Å². The Morgan fingerprint density at radius 1 is 1.08 bits per heavy atom. The quantitative estimate of drug-likeness (QED) is 0.264. The highest BCUT2D eigenvalue weighted by molar-refractivity contribution is 7.86. The van der Waals surface area contributed by atoms with Crippen LogP contribution in [0.15, 0.2) is 78.9 Å². The number of hydrogen-bond acceptors (Lipinski definition) is 5. The van der Waals surface area contributed by atoms with Gasteiger partial charge in [-0.25, -0.2) is 0 Å². The smallest absolute Gasteiger partial charge is 0.272 e. The number of ether oxygens (including phenoxy) is 1. The van der Waals surface area contributed by atoms with Gasteiger partial charge in [0.1, 0.15) is 11.0 Å². The second-order valence-electron chi connectivity index (χ2n) is 9.79. The number of carbonyl (C=O) groups is 1. The van der Waals surface area contributed by atoms with E-state index in [1.54, 1.807) is 13.0 Å². The fourth-order valence-electron chi connectivity index (χ4n) is 5.34. The van der Waals surface area contributed by atoms with E-state index < -0.39 is 27.4 Å².